The minimum Gasteiger partial charge on any atom is -0.369 e. The predicted octanol–water partition coefficient (Wildman–Crippen LogP) is 4.15. The highest BCUT2D eigenvalue weighted by molar-refractivity contribution is 9.10. The fourth-order valence-corrected chi connectivity index (χ4v) is 4.18. The highest BCUT2D eigenvalue weighted by Gasteiger charge is 2.31. The molecule has 1 saturated carbocycles. The first-order chi connectivity index (χ1) is 8.81. The lowest BCUT2D eigenvalue weighted by Crippen LogP contribution is -2.30. The number of nitrogens with one attached hydrogen (secondary N) is 1. The summed E-state index contributed by atoms with van der Waals surface area (Å²) in [5.41, 5.74) is 1.19. The predicted molar refractivity (Wildman–Crippen MR) is 78.0 cm³/mol. The van der Waals surface area contributed by atoms with Crippen LogP contribution < -0.4 is 5.32 Å². The molecular weight excluding hydrogens is 290 g/mol. The Hall–Kier alpha value is -0.510. The average Bonchev–Trinajstić information content (AvgIpc) is 2.77. The fourth-order valence-electron chi connectivity index (χ4n) is 3.50. The second-order valence-electron chi connectivity index (χ2n) is 5.59. The van der Waals surface area contributed by atoms with E-state index in [4.69, 9.17) is 5.10 Å². The molecule has 1 aliphatic carbocycles. The highest BCUT2D eigenvalue weighted by Crippen LogP contribution is 2.41. The number of nitrogens with zero attached hydrogens (tertiary/aromatic N) is 2. The fraction of sp³-hybridized carbons (Fsp3) is 0.786. The SMILES string of the molecule is CCc1nn2c(c1Br)NCCC2C1CCCCC1. The van der Waals surface area contributed by atoms with Crippen LogP contribution in [0.1, 0.15) is 57.2 Å². The van der Waals surface area contributed by atoms with Gasteiger partial charge in [0.1, 0.15) is 5.82 Å². The third-order valence-electron chi connectivity index (χ3n) is 4.49. The van der Waals surface area contributed by atoms with E-state index in [1.807, 2.05) is 0 Å². The number of halogens is 1. The first-order valence-electron chi connectivity index (χ1n) is 7.32. The molecule has 4 heteroatoms. The van der Waals surface area contributed by atoms with Gasteiger partial charge in [0.25, 0.3) is 0 Å². The molecule has 3 nitrogen and oxygen atoms in total. The number of hydrogen-bond donors (Lipinski definition) is 1. The van der Waals surface area contributed by atoms with Crippen molar-refractivity contribution >= 4 is 21.7 Å². The lowest BCUT2D eigenvalue weighted by molar-refractivity contribution is 0.222. The van der Waals surface area contributed by atoms with Gasteiger partial charge in [-0.15, -0.1) is 0 Å². The number of hydrogen-bond acceptors (Lipinski definition) is 2. The molecule has 1 unspecified atom stereocenters. The standard InChI is InChI=1S/C14H22BrN3/c1-2-11-13(15)14-16-9-8-12(18(14)17-11)10-6-4-3-5-7-10/h10,12,16H,2-9H2,1H3. The molecule has 1 aliphatic heterocycles. The molecule has 1 aromatic heterocycles. The topological polar surface area (TPSA) is 29.9 Å². The van der Waals surface area contributed by atoms with Gasteiger partial charge in [0.05, 0.1) is 16.2 Å². The van der Waals surface area contributed by atoms with E-state index in [2.05, 4.69) is 32.9 Å². The van der Waals surface area contributed by atoms with Crippen molar-refractivity contribution in [1.29, 1.82) is 0 Å². The second-order valence-corrected chi connectivity index (χ2v) is 6.38. The molecule has 0 spiro atoms. The summed E-state index contributed by atoms with van der Waals surface area (Å²) in [6.07, 6.45) is 9.26. The smallest absolute Gasteiger partial charge is 0.139 e. The van der Waals surface area contributed by atoms with E-state index in [9.17, 15) is 0 Å². The zero-order valence-corrected chi connectivity index (χ0v) is 12.7. The lowest BCUT2D eigenvalue weighted by Gasteiger charge is -2.34. The van der Waals surface area contributed by atoms with Crippen LogP contribution in [0.3, 0.4) is 0 Å². The third-order valence-corrected chi connectivity index (χ3v) is 5.33. The van der Waals surface area contributed by atoms with Crippen molar-refractivity contribution in [2.75, 3.05) is 11.9 Å². The van der Waals surface area contributed by atoms with Crippen LogP contribution in [0.5, 0.6) is 0 Å². The maximum Gasteiger partial charge on any atom is 0.139 e. The summed E-state index contributed by atoms with van der Waals surface area (Å²) in [5, 5.41) is 8.34. The number of aromatic nitrogens is 2. The highest BCUT2D eigenvalue weighted by atomic mass is 79.9. The Morgan fingerprint density at radius 1 is 1.28 bits per heavy atom. The molecule has 0 saturated heterocycles. The Labute approximate surface area is 117 Å². The summed E-state index contributed by atoms with van der Waals surface area (Å²) in [5.74, 6) is 2.06. The minimum absolute atomic E-state index is 0.623. The molecule has 3 rings (SSSR count). The summed E-state index contributed by atoms with van der Waals surface area (Å²) in [4.78, 5) is 0. The van der Waals surface area contributed by atoms with E-state index in [0.29, 0.717) is 6.04 Å². The van der Waals surface area contributed by atoms with Gasteiger partial charge in [0.2, 0.25) is 0 Å². The number of aryl methyl sites for hydroxylation is 1. The second kappa shape index (κ2) is 5.24. The van der Waals surface area contributed by atoms with Gasteiger partial charge >= 0.3 is 0 Å². The summed E-state index contributed by atoms with van der Waals surface area (Å²) in [6.45, 7) is 3.27. The molecule has 0 bridgehead atoms. The van der Waals surface area contributed by atoms with Crippen molar-refractivity contribution in [2.45, 2.75) is 57.9 Å². The molecule has 18 heavy (non-hydrogen) atoms. The summed E-state index contributed by atoms with van der Waals surface area (Å²) in [6, 6.07) is 0.623. The largest absolute Gasteiger partial charge is 0.369 e. The van der Waals surface area contributed by atoms with Crippen LogP contribution in [0.15, 0.2) is 4.47 Å². The molecule has 0 radical (unpaired) electrons. The zero-order valence-electron chi connectivity index (χ0n) is 11.1. The van der Waals surface area contributed by atoms with Crippen LogP contribution in [0.2, 0.25) is 0 Å². The zero-order chi connectivity index (χ0) is 12.5. The summed E-state index contributed by atoms with van der Waals surface area (Å²) < 4.78 is 3.47. The Balaban J connectivity index is 1.91. The van der Waals surface area contributed by atoms with Gasteiger partial charge in [-0.2, -0.15) is 5.10 Å². The van der Waals surface area contributed by atoms with Gasteiger partial charge in [-0.25, -0.2) is 4.68 Å². The summed E-state index contributed by atoms with van der Waals surface area (Å²) >= 11 is 3.70. The number of fused-ring (bicyclic) bond motifs is 1. The quantitative estimate of drug-likeness (QED) is 0.889. The lowest BCUT2D eigenvalue weighted by atomic mass is 9.82. The molecule has 100 valence electrons. The van der Waals surface area contributed by atoms with Crippen molar-refractivity contribution < 1.29 is 0 Å². The Morgan fingerprint density at radius 3 is 2.78 bits per heavy atom. The third kappa shape index (κ3) is 2.09. The molecule has 1 fully saturated rings. The Bertz CT molecular complexity index is 421. The van der Waals surface area contributed by atoms with Crippen molar-refractivity contribution in [3.8, 4) is 0 Å². The minimum atomic E-state index is 0.623. The van der Waals surface area contributed by atoms with Gasteiger partial charge in [0, 0.05) is 6.54 Å². The van der Waals surface area contributed by atoms with E-state index in [0.717, 1.165) is 18.9 Å². The molecule has 1 N–H and O–H groups in total. The van der Waals surface area contributed by atoms with E-state index < -0.39 is 0 Å². The van der Waals surface area contributed by atoms with E-state index in [-0.39, 0.29) is 0 Å². The Morgan fingerprint density at radius 2 is 2.06 bits per heavy atom. The van der Waals surface area contributed by atoms with Crippen LogP contribution in [0, 0.1) is 5.92 Å². The van der Waals surface area contributed by atoms with Gasteiger partial charge in [0.15, 0.2) is 0 Å². The van der Waals surface area contributed by atoms with E-state index in [1.54, 1.807) is 0 Å². The molecule has 2 heterocycles. The number of rotatable bonds is 2. The van der Waals surface area contributed by atoms with E-state index >= 15 is 0 Å². The molecule has 0 amide bonds. The van der Waals surface area contributed by atoms with Gasteiger partial charge < -0.3 is 5.32 Å². The maximum atomic E-state index is 4.83. The van der Waals surface area contributed by atoms with Crippen molar-refractivity contribution in [3.63, 3.8) is 0 Å². The van der Waals surface area contributed by atoms with Gasteiger partial charge in [-0.05, 0) is 47.5 Å². The van der Waals surface area contributed by atoms with Crippen molar-refractivity contribution in [3.05, 3.63) is 10.2 Å². The normalized spacial score (nSPS) is 24.7. The van der Waals surface area contributed by atoms with Crippen molar-refractivity contribution in [2.24, 2.45) is 5.92 Å². The molecule has 1 aromatic rings. The number of anilines is 1. The molecular formula is C14H22BrN3. The maximum absolute atomic E-state index is 4.83. The first-order valence-corrected chi connectivity index (χ1v) is 8.11. The van der Waals surface area contributed by atoms with Crippen LogP contribution in [0.25, 0.3) is 0 Å². The van der Waals surface area contributed by atoms with Crippen LogP contribution in [-0.2, 0) is 6.42 Å². The molecule has 0 aromatic carbocycles. The monoisotopic (exact) mass is 311 g/mol. The van der Waals surface area contributed by atoms with Crippen LogP contribution in [0.4, 0.5) is 5.82 Å². The van der Waals surface area contributed by atoms with Crippen LogP contribution >= 0.6 is 15.9 Å². The molecule has 2 aliphatic rings. The first kappa shape index (κ1) is 12.5. The van der Waals surface area contributed by atoms with Crippen molar-refractivity contribution in [1.82, 2.24) is 9.78 Å². The van der Waals surface area contributed by atoms with E-state index in [1.165, 1.54) is 54.5 Å². The summed E-state index contributed by atoms with van der Waals surface area (Å²) in [7, 11) is 0. The van der Waals surface area contributed by atoms with Gasteiger partial charge in [-0.1, -0.05) is 26.2 Å². The van der Waals surface area contributed by atoms with Crippen LogP contribution in [-0.4, -0.2) is 16.3 Å². The Kier molecular flexibility index (Phi) is 3.64. The molecule has 1 atom stereocenters. The van der Waals surface area contributed by atoms with Gasteiger partial charge in [-0.3, -0.25) is 0 Å². The average molecular weight is 312 g/mol.